The van der Waals surface area contributed by atoms with Gasteiger partial charge in [0.25, 0.3) is 5.91 Å². The summed E-state index contributed by atoms with van der Waals surface area (Å²) in [5, 5.41) is 19.9. The van der Waals surface area contributed by atoms with E-state index >= 15 is 0 Å². The van der Waals surface area contributed by atoms with Crippen molar-refractivity contribution < 1.29 is 14.6 Å². The van der Waals surface area contributed by atoms with Crippen LogP contribution in [0.15, 0.2) is 24.3 Å². The van der Waals surface area contributed by atoms with Gasteiger partial charge in [0, 0.05) is 35.3 Å². The van der Waals surface area contributed by atoms with Gasteiger partial charge in [0.1, 0.15) is 12.4 Å². The number of carbonyl (C=O) groups is 1. The largest absolute Gasteiger partial charge is 0.486 e. The maximum atomic E-state index is 12.6. The molecule has 0 fully saturated rings. The number of anilines is 1. The third-order valence-corrected chi connectivity index (χ3v) is 4.36. The fourth-order valence-electron chi connectivity index (χ4n) is 2.62. The molecule has 4 N–H and O–H groups in total. The number of aromatic nitrogens is 4. The molecule has 2 heterocycles. The van der Waals surface area contributed by atoms with Crippen LogP contribution in [0.4, 0.5) is 5.82 Å². The Bertz CT molecular complexity index is 961. The van der Waals surface area contributed by atoms with Crippen molar-refractivity contribution in [2.45, 2.75) is 13.5 Å². The lowest BCUT2D eigenvalue weighted by Gasteiger charge is -2.20. The molecule has 0 aliphatic carbocycles. The standard InChI is InChI=1S/C17H19ClN6O3/c1-2-24(5-6-25)17(26)10-3-4-12(18)11(7-10)9-27-13-8-14(19)20-16-15(13)21-23-22-16/h3-4,7-8,25H,2,5-6,9H2,1H3,(H3,19,20,21,22,23). The predicted octanol–water partition coefficient (Wildman–Crippen LogP) is 1.62. The number of amides is 1. The average molecular weight is 391 g/mol. The van der Waals surface area contributed by atoms with Gasteiger partial charge in [0.15, 0.2) is 11.3 Å². The van der Waals surface area contributed by atoms with Crippen LogP contribution in [-0.4, -0.2) is 56.0 Å². The van der Waals surface area contributed by atoms with Crippen molar-refractivity contribution in [2.75, 3.05) is 25.4 Å². The molecule has 0 radical (unpaired) electrons. The third kappa shape index (κ3) is 4.09. The zero-order valence-corrected chi connectivity index (χ0v) is 15.4. The van der Waals surface area contributed by atoms with Crippen molar-refractivity contribution in [1.82, 2.24) is 25.3 Å². The Hall–Kier alpha value is -2.91. The summed E-state index contributed by atoms with van der Waals surface area (Å²) >= 11 is 6.25. The normalized spacial score (nSPS) is 10.9. The number of rotatable bonds is 7. The molecule has 0 spiro atoms. The number of halogens is 1. The number of benzene rings is 1. The topological polar surface area (TPSA) is 130 Å². The molecule has 3 aromatic rings. The van der Waals surface area contributed by atoms with Crippen LogP contribution in [0.2, 0.25) is 5.02 Å². The molecule has 0 saturated carbocycles. The molecule has 10 heteroatoms. The second-order valence-corrected chi connectivity index (χ2v) is 6.15. The lowest BCUT2D eigenvalue weighted by atomic mass is 10.1. The summed E-state index contributed by atoms with van der Waals surface area (Å²) in [7, 11) is 0. The van der Waals surface area contributed by atoms with E-state index in [2.05, 4.69) is 20.4 Å². The molecular weight excluding hydrogens is 372 g/mol. The minimum Gasteiger partial charge on any atom is -0.486 e. The molecule has 2 aromatic heterocycles. The van der Waals surface area contributed by atoms with E-state index in [1.54, 1.807) is 29.2 Å². The molecule has 0 atom stereocenters. The van der Waals surface area contributed by atoms with E-state index in [4.69, 9.17) is 27.2 Å². The Labute approximate surface area is 160 Å². The number of fused-ring (bicyclic) bond motifs is 1. The Morgan fingerprint density at radius 2 is 2.19 bits per heavy atom. The third-order valence-electron chi connectivity index (χ3n) is 3.99. The fourth-order valence-corrected chi connectivity index (χ4v) is 2.79. The van der Waals surface area contributed by atoms with Crippen LogP contribution in [0.25, 0.3) is 11.2 Å². The van der Waals surface area contributed by atoms with Crippen LogP contribution in [0.1, 0.15) is 22.8 Å². The van der Waals surface area contributed by atoms with E-state index in [0.29, 0.717) is 39.6 Å². The number of ether oxygens (including phenoxy) is 1. The summed E-state index contributed by atoms with van der Waals surface area (Å²) in [6, 6.07) is 6.52. The molecule has 1 aromatic carbocycles. The molecule has 0 aliphatic heterocycles. The van der Waals surface area contributed by atoms with E-state index in [-0.39, 0.29) is 31.5 Å². The summed E-state index contributed by atoms with van der Waals surface area (Å²) in [6.45, 7) is 2.63. The first-order valence-electron chi connectivity index (χ1n) is 8.31. The van der Waals surface area contributed by atoms with Crippen molar-refractivity contribution >= 4 is 34.5 Å². The maximum absolute atomic E-state index is 12.6. The van der Waals surface area contributed by atoms with E-state index < -0.39 is 0 Å². The number of pyridine rings is 1. The SMILES string of the molecule is CCN(CCO)C(=O)c1ccc(Cl)c(COc2cc(N)nc3n[nH]nc23)c1. The quantitative estimate of drug-likeness (QED) is 0.558. The van der Waals surface area contributed by atoms with Crippen LogP contribution in [0.3, 0.4) is 0 Å². The van der Waals surface area contributed by atoms with Crippen molar-refractivity contribution in [3.63, 3.8) is 0 Å². The van der Waals surface area contributed by atoms with Gasteiger partial charge in [-0.05, 0) is 25.1 Å². The second-order valence-electron chi connectivity index (χ2n) is 5.74. The zero-order valence-electron chi connectivity index (χ0n) is 14.6. The highest BCUT2D eigenvalue weighted by molar-refractivity contribution is 6.31. The highest BCUT2D eigenvalue weighted by Crippen LogP contribution is 2.26. The predicted molar refractivity (Wildman–Crippen MR) is 101 cm³/mol. The average Bonchev–Trinajstić information content (AvgIpc) is 3.13. The number of carbonyl (C=O) groups excluding carboxylic acids is 1. The van der Waals surface area contributed by atoms with Crippen molar-refractivity contribution in [2.24, 2.45) is 0 Å². The van der Waals surface area contributed by atoms with Gasteiger partial charge in [0.05, 0.1) is 6.61 Å². The minimum absolute atomic E-state index is 0.0969. The van der Waals surface area contributed by atoms with Gasteiger partial charge < -0.3 is 20.5 Å². The van der Waals surface area contributed by atoms with Crippen molar-refractivity contribution in [1.29, 1.82) is 0 Å². The molecule has 0 unspecified atom stereocenters. The first-order valence-corrected chi connectivity index (χ1v) is 8.69. The number of nitrogens with zero attached hydrogens (tertiary/aromatic N) is 4. The van der Waals surface area contributed by atoms with Gasteiger partial charge in [-0.3, -0.25) is 4.79 Å². The van der Waals surface area contributed by atoms with Crippen LogP contribution < -0.4 is 10.5 Å². The molecule has 0 aliphatic rings. The number of hydrogen-bond donors (Lipinski definition) is 3. The maximum Gasteiger partial charge on any atom is 0.253 e. The number of aromatic amines is 1. The number of aliphatic hydroxyl groups excluding tert-OH is 1. The fraction of sp³-hybridized carbons (Fsp3) is 0.294. The number of nitrogens with two attached hydrogens (primary N) is 1. The summed E-state index contributed by atoms with van der Waals surface area (Å²) in [5.41, 5.74) is 7.66. The summed E-state index contributed by atoms with van der Waals surface area (Å²) in [5.74, 6) is 0.482. The highest BCUT2D eigenvalue weighted by atomic mass is 35.5. The molecule has 9 nitrogen and oxygen atoms in total. The number of likely N-dealkylation sites (N-methyl/N-ethyl adjacent to an activating group) is 1. The smallest absolute Gasteiger partial charge is 0.253 e. The Morgan fingerprint density at radius 1 is 1.37 bits per heavy atom. The van der Waals surface area contributed by atoms with Gasteiger partial charge in [-0.15, -0.1) is 5.10 Å². The van der Waals surface area contributed by atoms with Crippen molar-refractivity contribution in [3.05, 3.63) is 40.4 Å². The minimum atomic E-state index is -0.184. The zero-order chi connectivity index (χ0) is 19.4. The van der Waals surface area contributed by atoms with Crippen LogP contribution in [0.5, 0.6) is 5.75 Å². The number of aliphatic hydroxyl groups is 1. The molecule has 0 bridgehead atoms. The molecular formula is C17H19ClN6O3. The molecule has 27 heavy (non-hydrogen) atoms. The Morgan fingerprint density at radius 3 is 2.93 bits per heavy atom. The lowest BCUT2D eigenvalue weighted by molar-refractivity contribution is 0.0732. The molecule has 3 rings (SSSR count). The molecule has 0 saturated heterocycles. The number of nitrogen functional groups attached to an aromatic ring is 1. The lowest BCUT2D eigenvalue weighted by Crippen LogP contribution is -2.33. The van der Waals surface area contributed by atoms with Gasteiger partial charge in [0.2, 0.25) is 5.65 Å². The van der Waals surface area contributed by atoms with Crippen LogP contribution in [-0.2, 0) is 6.61 Å². The molecule has 1 amide bonds. The van der Waals surface area contributed by atoms with Crippen molar-refractivity contribution in [3.8, 4) is 5.75 Å². The highest BCUT2D eigenvalue weighted by Gasteiger charge is 2.16. The summed E-state index contributed by atoms with van der Waals surface area (Å²) < 4.78 is 5.80. The second kappa shape index (κ2) is 8.19. The van der Waals surface area contributed by atoms with E-state index in [1.807, 2.05) is 6.92 Å². The van der Waals surface area contributed by atoms with Gasteiger partial charge in [-0.2, -0.15) is 10.3 Å². The van der Waals surface area contributed by atoms with Gasteiger partial charge >= 0.3 is 0 Å². The number of hydrogen-bond acceptors (Lipinski definition) is 7. The van der Waals surface area contributed by atoms with Gasteiger partial charge in [-0.1, -0.05) is 11.6 Å². The van der Waals surface area contributed by atoms with Crippen LogP contribution >= 0.6 is 11.6 Å². The molecule has 142 valence electrons. The monoisotopic (exact) mass is 390 g/mol. The first-order chi connectivity index (χ1) is 13.0. The number of nitrogens with one attached hydrogen (secondary N) is 1. The van der Waals surface area contributed by atoms with Crippen LogP contribution in [0, 0.1) is 0 Å². The van der Waals surface area contributed by atoms with Gasteiger partial charge in [-0.25, -0.2) is 4.98 Å². The summed E-state index contributed by atoms with van der Waals surface area (Å²) in [6.07, 6.45) is 0. The van der Waals surface area contributed by atoms with E-state index in [9.17, 15) is 4.79 Å². The van der Waals surface area contributed by atoms with E-state index in [1.165, 1.54) is 0 Å². The van der Waals surface area contributed by atoms with E-state index in [0.717, 1.165) is 0 Å². The first kappa shape index (κ1) is 18.9. The summed E-state index contributed by atoms with van der Waals surface area (Å²) in [4.78, 5) is 18.2. The number of H-pyrrole nitrogens is 1. The Kier molecular flexibility index (Phi) is 5.72. The Balaban J connectivity index is 1.82.